The largest absolute Gasteiger partial charge is 0.468 e. The van der Waals surface area contributed by atoms with Crippen molar-refractivity contribution in [1.29, 1.82) is 0 Å². The number of esters is 1. The minimum atomic E-state index is -0.551. The summed E-state index contributed by atoms with van der Waals surface area (Å²) >= 11 is 0. The van der Waals surface area contributed by atoms with Crippen LogP contribution in [0.4, 0.5) is 0 Å². The molecule has 15 heavy (non-hydrogen) atoms. The van der Waals surface area contributed by atoms with Crippen LogP contribution >= 0.6 is 0 Å². The molecule has 0 aromatic heterocycles. The first-order chi connectivity index (χ1) is 7.08. The van der Waals surface area contributed by atoms with Crippen molar-refractivity contribution in [1.82, 2.24) is 0 Å². The highest BCUT2D eigenvalue weighted by Crippen LogP contribution is 2.18. The highest BCUT2D eigenvalue weighted by atomic mass is 16.5. The van der Waals surface area contributed by atoms with Crippen LogP contribution in [0.3, 0.4) is 0 Å². The van der Waals surface area contributed by atoms with Gasteiger partial charge >= 0.3 is 5.97 Å². The third-order valence-electron chi connectivity index (χ3n) is 2.77. The van der Waals surface area contributed by atoms with Crippen LogP contribution in [0.1, 0.15) is 46.5 Å². The minimum Gasteiger partial charge on any atom is -0.468 e. The average molecular weight is 214 g/mol. The highest BCUT2D eigenvalue weighted by molar-refractivity contribution is 5.99. The Kier molecular flexibility index (Phi) is 7.01. The lowest BCUT2D eigenvalue weighted by molar-refractivity contribution is -0.150. The predicted octanol–water partition coefficient (Wildman–Crippen LogP) is 2.58. The summed E-state index contributed by atoms with van der Waals surface area (Å²) in [4.78, 5) is 23.3. The third kappa shape index (κ3) is 4.45. The number of hydrogen-bond acceptors (Lipinski definition) is 3. The number of carbonyl (C=O) groups is 2. The van der Waals surface area contributed by atoms with Crippen molar-refractivity contribution >= 4 is 11.8 Å². The van der Waals surface area contributed by atoms with E-state index in [-0.39, 0.29) is 17.7 Å². The molecule has 0 N–H and O–H groups in total. The monoisotopic (exact) mass is 214 g/mol. The fourth-order valence-corrected chi connectivity index (χ4v) is 1.47. The number of methoxy groups -OCH3 is 1. The lowest BCUT2D eigenvalue weighted by Gasteiger charge is -2.16. The third-order valence-corrected chi connectivity index (χ3v) is 2.77. The van der Waals surface area contributed by atoms with Crippen LogP contribution in [0.15, 0.2) is 0 Å². The number of rotatable bonds is 7. The van der Waals surface area contributed by atoms with Gasteiger partial charge in [0, 0.05) is 5.92 Å². The Balaban J connectivity index is 4.47. The van der Waals surface area contributed by atoms with Crippen molar-refractivity contribution in [3.05, 3.63) is 0 Å². The van der Waals surface area contributed by atoms with Crippen LogP contribution < -0.4 is 0 Å². The SMILES string of the molecule is CCCCC(C(=O)OC)C(=O)C(C)CC. The molecule has 0 aliphatic carbocycles. The first kappa shape index (κ1) is 14.1. The summed E-state index contributed by atoms with van der Waals surface area (Å²) in [5.74, 6) is -0.956. The van der Waals surface area contributed by atoms with Gasteiger partial charge in [0.05, 0.1) is 7.11 Å². The Morgan fingerprint density at radius 1 is 1.27 bits per heavy atom. The van der Waals surface area contributed by atoms with E-state index in [0.717, 1.165) is 19.3 Å². The first-order valence-corrected chi connectivity index (χ1v) is 5.69. The van der Waals surface area contributed by atoms with E-state index >= 15 is 0 Å². The molecule has 0 aromatic carbocycles. The quantitative estimate of drug-likeness (QED) is 0.483. The molecule has 0 aliphatic rings. The molecule has 0 aromatic rings. The first-order valence-electron chi connectivity index (χ1n) is 5.69. The fourth-order valence-electron chi connectivity index (χ4n) is 1.47. The van der Waals surface area contributed by atoms with Gasteiger partial charge in [-0.15, -0.1) is 0 Å². The van der Waals surface area contributed by atoms with E-state index in [4.69, 9.17) is 0 Å². The van der Waals surface area contributed by atoms with Gasteiger partial charge in [-0.1, -0.05) is 33.6 Å². The molecule has 3 nitrogen and oxygen atoms in total. The molecular formula is C12H22O3. The lowest BCUT2D eigenvalue weighted by Crippen LogP contribution is -2.29. The van der Waals surface area contributed by atoms with Crippen LogP contribution in [0.2, 0.25) is 0 Å². The summed E-state index contributed by atoms with van der Waals surface area (Å²) in [7, 11) is 1.34. The molecule has 0 spiro atoms. The van der Waals surface area contributed by atoms with Crippen molar-refractivity contribution in [3.63, 3.8) is 0 Å². The van der Waals surface area contributed by atoms with Gasteiger partial charge in [0.25, 0.3) is 0 Å². The van der Waals surface area contributed by atoms with Crippen LogP contribution in [0, 0.1) is 11.8 Å². The molecule has 0 saturated carbocycles. The summed E-state index contributed by atoms with van der Waals surface area (Å²) < 4.78 is 4.67. The van der Waals surface area contributed by atoms with E-state index in [1.54, 1.807) is 0 Å². The van der Waals surface area contributed by atoms with Crippen molar-refractivity contribution in [3.8, 4) is 0 Å². The number of ketones is 1. The van der Waals surface area contributed by atoms with E-state index in [2.05, 4.69) is 4.74 Å². The Hall–Kier alpha value is -0.860. The Morgan fingerprint density at radius 3 is 2.27 bits per heavy atom. The second-order valence-corrected chi connectivity index (χ2v) is 3.93. The average Bonchev–Trinajstić information content (AvgIpc) is 2.27. The van der Waals surface area contributed by atoms with Gasteiger partial charge in [-0.3, -0.25) is 9.59 Å². The zero-order valence-electron chi connectivity index (χ0n) is 10.2. The van der Waals surface area contributed by atoms with Gasteiger partial charge in [-0.05, 0) is 12.8 Å². The number of hydrogen-bond donors (Lipinski definition) is 0. The van der Waals surface area contributed by atoms with Crippen LogP contribution in [0.5, 0.6) is 0 Å². The molecule has 0 aliphatic heterocycles. The maximum atomic E-state index is 11.9. The van der Waals surface area contributed by atoms with Gasteiger partial charge in [-0.25, -0.2) is 0 Å². The van der Waals surface area contributed by atoms with E-state index < -0.39 is 5.92 Å². The highest BCUT2D eigenvalue weighted by Gasteiger charge is 2.29. The van der Waals surface area contributed by atoms with E-state index in [9.17, 15) is 9.59 Å². The summed E-state index contributed by atoms with van der Waals surface area (Å²) in [6.45, 7) is 5.86. The molecule has 0 amide bonds. The van der Waals surface area contributed by atoms with Crippen LogP contribution in [-0.2, 0) is 14.3 Å². The Morgan fingerprint density at radius 2 is 1.87 bits per heavy atom. The van der Waals surface area contributed by atoms with Crippen molar-refractivity contribution < 1.29 is 14.3 Å². The standard InChI is InChI=1S/C12H22O3/c1-5-7-8-10(12(14)15-4)11(13)9(3)6-2/h9-10H,5-8H2,1-4H3. The molecule has 0 radical (unpaired) electrons. The normalized spacial score (nSPS) is 14.4. The number of carbonyl (C=O) groups excluding carboxylic acids is 2. The summed E-state index contributed by atoms with van der Waals surface area (Å²) in [5, 5.41) is 0. The maximum Gasteiger partial charge on any atom is 0.316 e. The molecule has 0 fully saturated rings. The zero-order chi connectivity index (χ0) is 11.8. The van der Waals surface area contributed by atoms with Crippen LogP contribution in [0.25, 0.3) is 0 Å². The molecule has 0 saturated heterocycles. The van der Waals surface area contributed by atoms with E-state index in [0.29, 0.717) is 6.42 Å². The topological polar surface area (TPSA) is 43.4 Å². The Labute approximate surface area is 92.2 Å². The molecule has 3 heteroatoms. The van der Waals surface area contributed by atoms with Gasteiger partial charge in [-0.2, -0.15) is 0 Å². The molecule has 2 atom stereocenters. The molecular weight excluding hydrogens is 192 g/mol. The van der Waals surface area contributed by atoms with Gasteiger partial charge in [0.2, 0.25) is 0 Å². The molecule has 0 bridgehead atoms. The summed E-state index contributed by atoms with van der Waals surface area (Å²) in [6, 6.07) is 0. The summed E-state index contributed by atoms with van der Waals surface area (Å²) in [6.07, 6.45) is 3.27. The number of Topliss-reactive ketones (excluding diaryl/α,β-unsaturated/α-hetero) is 1. The van der Waals surface area contributed by atoms with Crippen molar-refractivity contribution in [2.45, 2.75) is 46.5 Å². The van der Waals surface area contributed by atoms with Gasteiger partial charge in [0.15, 0.2) is 0 Å². The van der Waals surface area contributed by atoms with Crippen LogP contribution in [-0.4, -0.2) is 18.9 Å². The maximum absolute atomic E-state index is 11.9. The van der Waals surface area contributed by atoms with Gasteiger partial charge in [0.1, 0.15) is 11.7 Å². The smallest absolute Gasteiger partial charge is 0.316 e. The van der Waals surface area contributed by atoms with E-state index in [1.807, 2.05) is 20.8 Å². The van der Waals surface area contributed by atoms with Crippen molar-refractivity contribution in [2.24, 2.45) is 11.8 Å². The number of unbranched alkanes of at least 4 members (excludes halogenated alkanes) is 1. The summed E-state index contributed by atoms with van der Waals surface area (Å²) in [5.41, 5.74) is 0. The molecule has 0 heterocycles. The molecule has 2 unspecified atom stereocenters. The second kappa shape index (κ2) is 7.43. The van der Waals surface area contributed by atoms with Crippen molar-refractivity contribution in [2.75, 3.05) is 7.11 Å². The predicted molar refractivity (Wildman–Crippen MR) is 59.5 cm³/mol. The zero-order valence-corrected chi connectivity index (χ0v) is 10.2. The fraction of sp³-hybridized carbons (Fsp3) is 0.833. The lowest BCUT2D eigenvalue weighted by atomic mass is 9.89. The molecule has 88 valence electrons. The van der Waals surface area contributed by atoms with Gasteiger partial charge < -0.3 is 4.74 Å². The second-order valence-electron chi connectivity index (χ2n) is 3.93. The minimum absolute atomic E-state index is 0.0257. The number of ether oxygens (including phenoxy) is 1. The molecule has 0 rings (SSSR count). The van der Waals surface area contributed by atoms with E-state index in [1.165, 1.54) is 7.11 Å². The Bertz CT molecular complexity index is 211.